The third-order valence-electron chi connectivity index (χ3n) is 8.60. The van der Waals surface area contributed by atoms with Gasteiger partial charge in [-0.25, -0.2) is 30.7 Å². The molecule has 0 bridgehead atoms. The highest BCUT2D eigenvalue weighted by molar-refractivity contribution is 5.88. The minimum Gasteiger partial charge on any atom is -0.495 e. The summed E-state index contributed by atoms with van der Waals surface area (Å²) in [5.74, 6) is -4.75. The predicted molar refractivity (Wildman–Crippen MR) is 194 cm³/mol. The van der Waals surface area contributed by atoms with Crippen molar-refractivity contribution in [1.82, 2.24) is 0 Å². The van der Waals surface area contributed by atoms with Gasteiger partial charge in [0.25, 0.3) is 0 Å². The summed E-state index contributed by atoms with van der Waals surface area (Å²) in [5.41, 5.74) is -0.679. The molecule has 2 nitrogen and oxygen atoms in total. The zero-order valence-corrected chi connectivity index (χ0v) is 28.8. The zero-order chi connectivity index (χ0) is 37.8. The number of benzene rings is 6. The van der Waals surface area contributed by atoms with Gasteiger partial charge in [-0.1, -0.05) is 55.5 Å². The quantitative estimate of drug-likeness (QED) is 0.0640. The van der Waals surface area contributed by atoms with Gasteiger partial charge < -0.3 is 9.47 Å². The van der Waals surface area contributed by atoms with Crippen molar-refractivity contribution >= 4 is 22.4 Å². The van der Waals surface area contributed by atoms with Crippen LogP contribution in [0.2, 0.25) is 0 Å². The molecule has 53 heavy (non-hydrogen) atoms. The normalized spacial score (nSPS) is 11.6. The van der Waals surface area contributed by atoms with Crippen molar-refractivity contribution in [3.8, 4) is 45.6 Å². The first-order valence-electron chi connectivity index (χ1n) is 16.6. The lowest BCUT2D eigenvalue weighted by Gasteiger charge is -2.12. The number of ether oxygens (including phenoxy) is 2. The molecule has 0 saturated heterocycles. The molecule has 0 saturated carbocycles. The van der Waals surface area contributed by atoms with Crippen molar-refractivity contribution in [2.45, 2.75) is 26.7 Å². The Morgan fingerprint density at radius 3 is 1.75 bits per heavy atom. The molecular formula is C44H31F7O2. The van der Waals surface area contributed by atoms with Gasteiger partial charge in [0.1, 0.15) is 46.1 Å². The second-order valence-corrected chi connectivity index (χ2v) is 12.3. The first kappa shape index (κ1) is 36.8. The molecule has 0 atom stereocenters. The van der Waals surface area contributed by atoms with E-state index in [0.717, 1.165) is 58.7 Å². The van der Waals surface area contributed by atoms with E-state index >= 15 is 17.6 Å². The van der Waals surface area contributed by atoms with Gasteiger partial charge >= 0.3 is 0 Å². The van der Waals surface area contributed by atoms with E-state index in [4.69, 9.17) is 9.47 Å². The standard InChI is InChI=1S/C44H31F7O2/c1-4-5-16-53-33-14-13-29-19-28(11-12-30(29)20-33)27-9-6-26(7-10-27)8-15-34-35(45)21-32(24-40(34)52-3)31-22-38(48)42(39(49)23-31)44(51)43(50)41-36(46)17-25(2)18-37(41)47/h6-7,9-14,17-24H,4-5,16H2,1-3H3/b44-43+. The first-order valence-corrected chi connectivity index (χ1v) is 16.6. The summed E-state index contributed by atoms with van der Waals surface area (Å²) in [6.07, 6.45) is 2.05. The number of halogens is 7. The van der Waals surface area contributed by atoms with Gasteiger partial charge in [0.05, 0.1) is 24.8 Å². The van der Waals surface area contributed by atoms with E-state index in [1.54, 1.807) is 12.1 Å². The molecule has 9 heteroatoms. The lowest BCUT2D eigenvalue weighted by Crippen LogP contribution is -2.00. The van der Waals surface area contributed by atoms with E-state index < -0.39 is 51.9 Å². The van der Waals surface area contributed by atoms with Crippen LogP contribution in [-0.2, 0) is 0 Å². The number of rotatable bonds is 9. The van der Waals surface area contributed by atoms with Crippen LogP contribution in [-0.4, -0.2) is 13.7 Å². The van der Waals surface area contributed by atoms with Crippen molar-refractivity contribution in [3.05, 3.63) is 154 Å². The maximum absolute atomic E-state index is 15.4. The second-order valence-electron chi connectivity index (χ2n) is 12.3. The first-order chi connectivity index (χ1) is 25.5. The number of hydrogen-bond donors (Lipinski definition) is 0. The molecule has 6 aromatic rings. The summed E-state index contributed by atoms with van der Waals surface area (Å²) >= 11 is 0. The SMILES string of the molecule is CCCCOc1ccc2cc(-c3ccc(C#Cc4c(F)cc(-c5cc(F)c(/C(F)=C(\F)c6c(F)cc(C)cc6F)c(F)c5)cc4OC)cc3)ccc2c1. The molecule has 0 aromatic heterocycles. The number of fused-ring (bicyclic) bond motifs is 1. The molecule has 0 aliphatic rings. The van der Waals surface area contributed by atoms with E-state index in [-0.39, 0.29) is 28.0 Å². The van der Waals surface area contributed by atoms with Crippen molar-refractivity contribution in [1.29, 1.82) is 0 Å². The fourth-order valence-corrected chi connectivity index (χ4v) is 5.82. The van der Waals surface area contributed by atoms with Gasteiger partial charge in [-0.3, -0.25) is 0 Å². The van der Waals surface area contributed by atoms with E-state index in [9.17, 15) is 13.2 Å². The predicted octanol–water partition coefficient (Wildman–Crippen LogP) is 12.5. The molecule has 0 fully saturated rings. The maximum atomic E-state index is 15.4. The van der Waals surface area contributed by atoms with Crippen molar-refractivity contribution in [3.63, 3.8) is 0 Å². The third kappa shape index (κ3) is 7.92. The molecule has 6 aromatic carbocycles. The second kappa shape index (κ2) is 15.7. The Kier molecular flexibility index (Phi) is 10.9. The Labute approximate surface area is 302 Å². The molecule has 0 spiro atoms. The largest absolute Gasteiger partial charge is 0.495 e. The number of aryl methyl sites for hydroxylation is 1. The Balaban J connectivity index is 1.23. The summed E-state index contributed by atoms with van der Waals surface area (Å²) < 4.78 is 115. The van der Waals surface area contributed by atoms with Crippen LogP contribution in [0.5, 0.6) is 11.5 Å². The van der Waals surface area contributed by atoms with E-state index in [0.29, 0.717) is 24.3 Å². The average molecular weight is 725 g/mol. The topological polar surface area (TPSA) is 18.5 Å². The van der Waals surface area contributed by atoms with Crippen LogP contribution in [0.4, 0.5) is 30.7 Å². The Hall–Kier alpha value is -6.01. The lowest BCUT2D eigenvalue weighted by molar-refractivity contribution is 0.310. The number of unbranched alkanes of at least 4 members (excludes halogenated alkanes) is 1. The molecule has 0 radical (unpaired) electrons. The van der Waals surface area contributed by atoms with Crippen LogP contribution in [0.15, 0.2) is 97.1 Å². The molecule has 268 valence electrons. The lowest BCUT2D eigenvalue weighted by atomic mass is 9.99. The highest BCUT2D eigenvalue weighted by Gasteiger charge is 2.25. The fourth-order valence-electron chi connectivity index (χ4n) is 5.82. The van der Waals surface area contributed by atoms with Crippen LogP contribution in [0, 0.1) is 47.9 Å². The number of methoxy groups -OCH3 is 1. The van der Waals surface area contributed by atoms with E-state index in [2.05, 4.69) is 24.8 Å². The van der Waals surface area contributed by atoms with Gasteiger partial charge in [0.2, 0.25) is 0 Å². The average Bonchev–Trinajstić information content (AvgIpc) is 3.13. The van der Waals surface area contributed by atoms with Crippen molar-refractivity contribution in [2.75, 3.05) is 13.7 Å². The molecule has 0 aliphatic heterocycles. The van der Waals surface area contributed by atoms with Crippen molar-refractivity contribution < 1.29 is 40.2 Å². The fraction of sp³-hybridized carbons (Fsp3) is 0.136. The van der Waals surface area contributed by atoms with Crippen LogP contribution < -0.4 is 9.47 Å². The summed E-state index contributed by atoms with van der Waals surface area (Å²) in [7, 11) is 1.26. The van der Waals surface area contributed by atoms with Gasteiger partial charge in [0, 0.05) is 5.56 Å². The van der Waals surface area contributed by atoms with E-state index in [1.807, 2.05) is 42.5 Å². The highest BCUT2D eigenvalue weighted by Crippen LogP contribution is 2.38. The van der Waals surface area contributed by atoms with Gasteiger partial charge in [0.15, 0.2) is 11.7 Å². The Morgan fingerprint density at radius 2 is 1.13 bits per heavy atom. The van der Waals surface area contributed by atoms with Crippen LogP contribution in [0.1, 0.15) is 47.6 Å². The summed E-state index contributed by atoms with van der Waals surface area (Å²) in [4.78, 5) is 0. The van der Waals surface area contributed by atoms with Crippen LogP contribution in [0.25, 0.3) is 44.7 Å². The molecule has 0 unspecified atom stereocenters. The summed E-state index contributed by atoms with van der Waals surface area (Å²) in [6.45, 7) is 4.12. The van der Waals surface area contributed by atoms with Crippen LogP contribution >= 0.6 is 0 Å². The monoisotopic (exact) mass is 724 g/mol. The minimum absolute atomic E-state index is 0.0495. The summed E-state index contributed by atoms with van der Waals surface area (Å²) in [5, 5.41) is 2.12. The molecular weight excluding hydrogens is 693 g/mol. The van der Waals surface area contributed by atoms with Gasteiger partial charge in [-0.05, 0) is 119 Å². The maximum Gasteiger partial charge on any atom is 0.172 e. The molecule has 0 aliphatic carbocycles. The highest BCUT2D eigenvalue weighted by atomic mass is 19.2. The molecule has 0 amide bonds. The Bertz CT molecular complexity index is 2390. The molecule has 0 N–H and O–H groups in total. The minimum atomic E-state index is -2.14. The van der Waals surface area contributed by atoms with Gasteiger partial charge in [-0.2, -0.15) is 0 Å². The van der Waals surface area contributed by atoms with Crippen molar-refractivity contribution in [2.24, 2.45) is 0 Å². The van der Waals surface area contributed by atoms with E-state index in [1.165, 1.54) is 20.1 Å². The number of hydrogen-bond acceptors (Lipinski definition) is 2. The van der Waals surface area contributed by atoms with Gasteiger partial charge in [-0.15, -0.1) is 0 Å². The molecule has 0 heterocycles. The van der Waals surface area contributed by atoms with Crippen LogP contribution in [0.3, 0.4) is 0 Å². The molecule has 6 rings (SSSR count). The summed E-state index contributed by atoms with van der Waals surface area (Å²) in [6, 6.07) is 24.5. The Morgan fingerprint density at radius 1 is 0.585 bits per heavy atom. The smallest absolute Gasteiger partial charge is 0.172 e. The third-order valence-corrected chi connectivity index (χ3v) is 8.60. The zero-order valence-electron chi connectivity index (χ0n) is 28.8.